The summed E-state index contributed by atoms with van der Waals surface area (Å²) in [4.78, 5) is 27.6. The molecule has 2 aliphatic heterocycles. The van der Waals surface area contributed by atoms with Gasteiger partial charge in [-0.15, -0.1) is 0 Å². The predicted molar refractivity (Wildman–Crippen MR) is 141 cm³/mol. The van der Waals surface area contributed by atoms with E-state index in [2.05, 4.69) is 5.32 Å². The van der Waals surface area contributed by atoms with Crippen molar-refractivity contribution in [3.05, 3.63) is 106 Å². The Balaban J connectivity index is 1.44. The van der Waals surface area contributed by atoms with Gasteiger partial charge in [0.15, 0.2) is 0 Å². The molecule has 1 N–H and O–H groups in total. The quantitative estimate of drug-likeness (QED) is 0.310. The van der Waals surface area contributed by atoms with Crippen LogP contribution in [0.2, 0.25) is 0 Å². The molecule has 0 bridgehead atoms. The minimum Gasteiger partial charge on any atom is -0.368 e. The molecule has 3 aromatic rings. The fraction of sp³-hybridized carbons (Fsp3) is 0.355. The van der Waals surface area contributed by atoms with E-state index < -0.39 is 59.5 Å². The van der Waals surface area contributed by atoms with Gasteiger partial charge in [-0.05, 0) is 66.9 Å². The lowest BCUT2D eigenvalue weighted by atomic mass is 9.84. The standard InChI is InChI=1S/C31H27F7N2O3/c1-17(20-11-21(30(33,34)35)13-22(12-20)31(36,37)38)43-26-16-40-25(28(26)18-7-9-23(32)10-8-18)14-24(15-27(40)41)39-29(42)19-5-3-2-4-6-19/h2-13,17,24-26,28H,14-16H2,1H3,(H,39,42)/t17-,24?,25+,26+,28?/m1/s1. The van der Waals surface area contributed by atoms with E-state index in [0.29, 0.717) is 29.7 Å². The number of nitrogens with one attached hydrogen (secondary N) is 1. The van der Waals surface area contributed by atoms with Gasteiger partial charge in [-0.25, -0.2) is 4.39 Å². The summed E-state index contributed by atoms with van der Waals surface area (Å²) in [5.74, 6) is -1.77. The summed E-state index contributed by atoms with van der Waals surface area (Å²) in [6, 6.07) is 14.1. The van der Waals surface area contributed by atoms with Crippen molar-refractivity contribution < 1.29 is 45.1 Å². The van der Waals surface area contributed by atoms with Gasteiger partial charge in [0.2, 0.25) is 5.91 Å². The van der Waals surface area contributed by atoms with Crippen LogP contribution in [0.1, 0.15) is 64.4 Å². The molecule has 0 saturated carbocycles. The van der Waals surface area contributed by atoms with Crippen LogP contribution >= 0.6 is 0 Å². The fourth-order valence-electron chi connectivity index (χ4n) is 5.92. The average molecular weight is 609 g/mol. The van der Waals surface area contributed by atoms with Crippen molar-refractivity contribution in [1.82, 2.24) is 10.2 Å². The third-order valence-corrected chi connectivity index (χ3v) is 7.94. The summed E-state index contributed by atoms with van der Waals surface area (Å²) in [7, 11) is 0. The van der Waals surface area contributed by atoms with Crippen molar-refractivity contribution >= 4 is 11.8 Å². The first-order valence-corrected chi connectivity index (χ1v) is 13.6. The molecule has 228 valence electrons. The van der Waals surface area contributed by atoms with E-state index >= 15 is 0 Å². The van der Waals surface area contributed by atoms with Crippen molar-refractivity contribution in [3.63, 3.8) is 0 Å². The molecule has 0 radical (unpaired) electrons. The molecule has 0 aromatic heterocycles. The van der Waals surface area contributed by atoms with Gasteiger partial charge in [-0.2, -0.15) is 26.3 Å². The maximum Gasteiger partial charge on any atom is 0.416 e. The fourth-order valence-corrected chi connectivity index (χ4v) is 5.92. The summed E-state index contributed by atoms with van der Waals surface area (Å²) in [5.41, 5.74) is -2.26. The highest BCUT2D eigenvalue weighted by Gasteiger charge is 2.49. The Morgan fingerprint density at radius 1 is 0.930 bits per heavy atom. The summed E-state index contributed by atoms with van der Waals surface area (Å²) in [6.07, 6.45) is -11.8. The molecule has 0 spiro atoms. The molecule has 2 heterocycles. The number of carbonyl (C=O) groups is 2. The lowest BCUT2D eigenvalue weighted by Gasteiger charge is -2.37. The highest BCUT2D eigenvalue weighted by molar-refractivity contribution is 5.94. The Morgan fingerprint density at radius 2 is 1.53 bits per heavy atom. The zero-order valence-corrected chi connectivity index (χ0v) is 22.8. The predicted octanol–water partition coefficient (Wildman–Crippen LogP) is 6.90. The summed E-state index contributed by atoms with van der Waals surface area (Å²) < 4.78 is 101. The normalized spacial score (nSPS) is 23.2. The number of benzene rings is 3. The van der Waals surface area contributed by atoms with Crippen molar-refractivity contribution in [1.29, 1.82) is 0 Å². The number of alkyl halides is 6. The van der Waals surface area contributed by atoms with Crippen LogP contribution in [-0.2, 0) is 21.9 Å². The van der Waals surface area contributed by atoms with E-state index in [1.807, 2.05) is 0 Å². The number of hydrogen-bond acceptors (Lipinski definition) is 3. The maximum absolute atomic E-state index is 13.8. The first-order valence-electron chi connectivity index (χ1n) is 13.6. The van der Waals surface area contributed by atoms with E-state index in [-0.39, 0.29) is 36.4 Å². The molecule has 2 amide bonds. The summed E-state index contributed by atoms with van der Waals surface area (Å²) in [5, 5.41) is 2.88. The van der Waals surface area contributed by atoms with Crippen LogP contribution in [0.4, 0.5) is 30.7 Å². The molecule has 5 rings (SSSR count). The van der Waals surface area contributed by atoms with Crippen molar-refractivity contribution in [2.24, 2.45) is 0 Å². The van der Waals surface area contributed by atoms with Crippen LogP contribution in [-0.4, -0.2) is 41.4 Å². The number of carbonyl (C=O) groups excluding carboxylic acids is 2. The smallest absolute Gasteiger partial charge is 0.368 e. The minimum atomic E-state index is -5.02. The molecule has 43 heavy (non-hydrogen) atoms. The molecule has 3 aromatic carbocycles. The van der Waals surface area contributed by atoms with Gasteiger partial charge in [-0.3, -0.25) is 9.59 Å². The third kappa shape index (κ3) is 6.69. The van der Waals surface area contributed by atoms with E-state index in [0.717, 1.165) is 0 Å². The second kappa shape index (κ2) is 11.6. The van der Waals surface area contributed by atoms with Gasteiger partial charge in [0.05, 0.1) is 23.3 Å². The second-order valence-electron chi connectivity index (χ2n) is 10.8. The highest BCUT2D eigenvalue weighted by Crippen LogP contribution is 2.44. The molecule has 2 fully saturated rings. The van der Waals surface area contributed by atoms with Gasteiger partial charge >= 0.3 is 12.4 Å². The Hall–Kier alpha value is -3.93. The van der Waals surface area contributed by atoms with E-state index in [1.165, 1.54) is 31.2 Å². The van der Waals surface area contributed by atoms with Crippen LogP contribution in [0, 0.1) is 5.82 Å². The number of piperidine rings is 1. The molecule has 5 nitrogen and oxygen atoms in total. The van der Waals surface area contributed by atoms with Crippen LogP contribution in [0.5, 0.6) is 0 Å². The minimum absolute atomic E-state index is 0.00391. The third-order valence-electron chi connectivity index (χ3n) is 7.94. The van der Waals surface area contributed by atoms with Crippen LogP contribution < -0.4 is 5.32 Å². The largest absolute Gasteiger partial charge is 0.416 e. The maximum atomic E-state index is 13.8. The van der Waals surface area contributed by atoms with E-state index in [9.17, 15) is 40.3 Å². The zero-order valence-electron chi connectivity index (χ0n) is 22.8. The van der Waals surface area contributed by atoms with Crippen molar-refractivity contribution in [2.75, 3.05) is 6.54 Å². The Morgan fingerprint density at radius 3 is 2.12 bits per heavy atom. The topological polar surface area (TPSA) is 58.6 Å². The number of ether oxygens (including phenoxy) is 1. The van der Waals surface area contributed by atoms with Crippen LogP contribution in [0.25, 0.3) is 0 Å². The number of nitrogens with zero attached hydrogens (tertiary/aromatic N) is 1. The molecule has 2 aliphatic rings. The second-order valence-corrected chi connectivity index (χ2v) is 10.8. The van der Waals surface area contributed by atoms with Crippen LogP contribution in [0.15, 0.2) is 72.8 Å². The molecule has 5 atom stereocenters. The average Bonchev–Trinajstić information content (AvgIpc) is 3.31. The molecular formula is C31H27F7N2O3. The first-order chi connectivity index (χ1) is 20.2. The molecule has 0 aliphatic carbocycles. The van der Waals surface area contributed by atoms with Crippen LogP contribution in [0.3, 0.4) is 0 Å². The Kier molecular flexibility index (Phi) is 8.26. The van der Waals surface area contributed by atoms with Gasteiger partial charge in [0.25, 0.3) is 5.91 Å². The molecule has 12 heteroatoms. The van der Waals surface area contributed by atoms with Gasteiger partial charge in [0.1, 0.15) is 5.82 Å². The zero-order chi connectivity index (χ0) is 31.1. The molecule has 2 saturated heterocycles. The lowest BCUT2D eigenvalue weighted by Crippen LogP contribution is -2.51. The molecular weight excluding hydrogens is 581 g/mol. The number of fused-ring (bicyclic) bond motifs is 1. The molecule has 2 unspecified atom stereocenters. The van der Waals surface area contributed by atoms with Crippen molar-refractivity contribution in [2.45, 2.75) is 62.3 Å². The number of amides is 2. The summed E-state index contributed by atoms with van der Waals surface area (Å²) in [6.45, 7) is 1.36. The Bertz CT molecular complexity index is 1440. The van der Waals surface area contributed by atoms with E-state index in [1.54, 1.807) is 35.2 Å². The monoisotopic (exact) mass is 608 g/mol. The Labute approximate surface area is 242 Å². The van der Waals surface area contributed by atoms with E-state index in [4.69, 9.17) is 4.74 Å². The van der Waals surface area contributed by atoms with Gasteiger partial charge in [0, 0.05) is 36.5 Å². The van der Waals surface area contributed by atoms with Crippen molar-refractivity contribution in [3.8, 4) is 0 Å². The highest BCUT2D eigenvalue weighted by atomic mass is 19.4. The number of hydrogen-bond donors (Lipinski definition) is 1. The van der Waals surface area contributed by atoms with Gasteiger partial charge in [-0.1, -0.05) is 30.3 Å². The SMILES string of the molecule is C[C@@H](O[C@H]1CN2C(=O)CC(NC(=O)c3ccccc3)C[C@H]2C1c1ccc(F)cc1)c1cc(C(F)(F)F)cc(C(F)(F)F)c1. The van der Waals surface area contributed by atoms with Gasteiger partial charge < -0.3 is 15.0 Å². The number of rotatable bonds is 6. The lowest BCUT2D eigenvalue weighted by molar-refractivity contribution is -0.143. The first kappa shape index (κ1) is 30.5. The number of halogens is 7. The summed E-state index contributed by atoms with van der Waals surface area (Å²) >= 11 is 0.